The maximum absolute atomic E-state index is 11.9. The molecule has 1 fully saturated rings. The zero-order valence-electron chi connectivity index (χ0n) is 10.4. The van der Waals surface area contributed by atoms with Gasteiger partial charge < -0.3 is 5.32 Å². The zero-order valence-corrected chi connectivity index (χ0v) is 11.2. The molecule has 0 aromatic heterocycles. The van der Waals surface area contributed by atoms with Gasteiger partial charge in [0.1, 0.15) is 0 Å². The summed E-state index contributed by atoms with van der Waals surface area (Å²) in [6.07, 6.45) is 3.14. The molecule has 1 unspecified atom stereocenters. The highest BCUT2D eigenvalue weighted by Gasteiger charge is 2.21. The van der Waals surface area contributed by atoms with Crippen molar-refractivity contribution in [3.63, 3.8) is 0 Å². The number of rotatable bonds is 6. The first kappa shape index (κ1) is 13.9. The molecule has 0 amide bonds. The van der Waals surface area contributed by atoms with Crippen LogP contribution in [0.3, 0.4) is 0 Å². The van der Waals surface area contributed by atoms with Crippen molar-refractivity contribution in [1.82, 2.24) is 9.62 Å². The maximum atomic E-state index is 11.9. The van der Waals surface area contributed by atoms with E-state index in [1.165, 1.54) is 12.8 Å². The average Bonchev–Trinajstić information content (AvgIpc) is 2.29. The van der Waals surface area contributed by atoms with E-state index in [0.717, 1.165) is 19.5 Å². The minimum absolute atomic E-state index is 0.307. The standard InChI is InChI=1S/C11H24N2O2S/c1-3-13(4-2)16(14,15)9-7-11-6-5-8-12-10-11/h11-12H,3-10H2,1-2H3. The Hall–Kier alpha value is -0.130. The van der Waals surface area contributed by atoms with Crippen LogP contribution in [-0.4, -0.2) is 44.7 Å². The van der Waals surface area contributed by atoms with Gasteiger partial charge >= 0.3 is 0 Å². The molecule has 0 aromatic rings. The van der Waals surface area contributed by atoms with Gasteiger partial charge in [0, 0.05) is 13.1 Å². The Bertz CT molecular complexity index is 280. The van der Waals surface area contributed by atoms with Crippen molar-refractivity contribution in [2.75, 3.05) is 31.9 Å². The second-order valence-corrected chi connectivity index (χ2v) is 6.49. The highest BCUT2D eigenvalue weighted by molar-refractivity contribution is 7.89. The number of nitrogens with zero attached hydrogens (tertiary/aromatic N) is 1. The Labute approximate surface area is 99.5 Å². The average molecular weight is 248 g/mol. The van der Waals surface area contributed by atoms with Crippen molar-refractivity contribution in [1.29, 1.82) is 0 Å². The molecule has 1 rings (SSSR count). The highest BCUT2D eigenvalue weighted by atomic mass is 32.2. The fourth-order valence-electron chi connectivity index (χ4n) is 2.23. The lowest BCUT2D eigenvalue weighted by Crippen LogP contribution is -2.35. The Balaban J connectivity index is 2.40. The molecular formula is C11H24N2O2S. The molecule has 1 aliphatic heterocycles. The molecule has 4 nitrogen and oxygen atoms in total. The van der Waals surface area contributed by atoms with E-state index in [4.69, 9.17) is 0 Å². The lowest BCUT2D eigenvalue weighted by Gasteiger charge is -2.24. The predicted octanol–water partition coefficient (Wildman–Crippen LogP) is 1.05. The molecule has 0 aliphatic carbocycles. The zero-order chi connectivity index (χ0) is 12.0. The molecule has 1 N–H and O–H groups in total. The minimum Gasteiger partial charge on any atom is -0.316 e. The fourth-order valence-corrected chi connectivity index (χ4v) is 3.91. The second-order valence-electron chi connectivity index (χ2n) is 4.40. The lowest BCUT2D eigenvalue weighted by molar-refractivity contribution is 0.364. The summed E-state index contributed by atoms with van der Waals surface area (Å²) in [4.78, 5) is 0. The van der Waals surface area contributed by atoms with Gasteiger partial charge in [-0.2, -0.15) is 0 Å². The fraction of sp³-hybridized carbons (Fsp3) is 1.00. The van der Waals surface area contributed by atoms with E-state index in [1.807, 2.05) is 13.8 Å². The van der Waals surface area contributed by atoms with E-state index in [2.05, 4.69) is 5.32 Å². The van der Waals surface area contributed by atoms with Gasteiger partial charge in [0.05, 0.1) is 5.75 Å². The highest BCUT2D eigenvalue weighted by Crippen LogP contribution is 2.16. The molecule has 1 aliphatic rings. The van der Waals surface area contributed by atoms with Gasteiger partial charge in [-0.3, -0.25) is 0 Å². The van der Waals surface area contributed by atoms with Crippen LogP contribution in [0.1, 0.15) is 33.1 Å². The van der Waals surface area contributed by atoms with E-state index in [-0.39, 0.29) is 0 Å². The third-order valence-corrected chi connectivity index (χ3v) is 5.34. The predicted molar refractivity (Wildman–Crippen MR) is 66.9 cm³/mol. The second kappa shape index (κ2) is 6.57. The van der Waals surface area contributed by atoms with E-state index >= 15 is 0 Å². The van der Waals surface area contributed by atoms with Crippen molar-refractivity contribution in [2.24, 2.45) is 5.92 Å². The van der Waals surface area contributed by atoms with Crippen LogP contribution in [0.2, 0.25) is 0 Å². The molecule has 1 saturated heterocycles. The molecule has 1 heterocycles. The molecule has 0 aromatic carbocycles. The number of sulfonamides is 1. The largest absolute Gasteiger partial charge is 0.316 e. The van der Waals surface area contributed by atoms with Crippen LogP contribution in [0, 0.1) is 5.92 Å². The molecule has 1 atom stereocenters. The first-order chi connectivity index (χ1) is 7.60. The minimum atomic E-state index is -3.02. The molecule has 5 heteroatoms. The molecule has 16 heavy (non-hydrogen) atoms. The summed E-state index contributed by atoms with van der Waals surface area (Å²) in [6.45, 7) is 7.02. The van der Waals surface area contributed by atoms with Crippen molar-refractivity contribution in [3.05, 3.63) is 0 Å². The van der Waals surface area contributed by atoms with E-state index in [9.17, 15) is 8.42 Å². The molecule has 0 spiro atoms. The number of hydrogen-bond donors (Lipinski definition) is 1. The summed E-state index contributed by atoms with van der Waals surface area (Å²) in [6, 6.07) is 0. The van der Waals surface area contributed by atoms with Crippen molar-refractivity contribution < 1.29 is 8.42 Å². The molecule has 0 saturated carbocycles. The Morgan fingerprint density at radius 1 is 1.31 bits per heavy atom. The summed E-state index contributed by atoms with van der Waals surface area (Å²) in [5.74, 6) is 0.847. The van der Waals surface area contributed by atoms with E-state index in [0.29, 0.717) is 24.8 Å². The first-order valence-electron chi connectivity index (χ1n) is 6.28. The topological polar surface area (TPSA) is 49.4 Å². The van der Waals surface area contributed by atoms with Crippen LogP contribution in [0.15, 0.2) is 0 Å². The summed E-state index contributed by atoms with van der Waals surface area (Å²) >= 11 is 0. The lowest BCUT2D eigenvalue weighted by atomic mass is 9.97. The molecule has 0 radical (unpaired) electrons. The Kier molecular flexibility index (Phi) is 5.72. The summed E-state index contributed by atoms with van der Waals surface area (Å²) in [7, 11) is -3.02. The smallest absolute Gasteiger partial charge is 0.214 e. The SMILES string of the molecule is CCN(CC)S(=O)(=O)CCC1CCCNC1. The maximum Gasteiger partial charge on any atom is 0.214 e. The van der Waals surface area contributed by atoms with Gasteiger partial charge in [-0.25, -0.2) is 12.7 Å². The van der Waals surface area contributed by atoms with Crippen LogP contribution in [0.4, 0.5) is 0 Å². The number of piperidine rings is 1. The van der Waals surface area contributed by atoms with Crippen LogP contribution < -0.4 is 5.32 Å². The van der Waals surface area contributed by atoms with E-state index in [1.54, 1.807) is 4.31 Å². The van der Waals surface area contributed by atoms with Crippen molar-refractivity contribution in [2.45, 2.75) is 33.1 Å². The summed E-state index contributed by atoms with van der Waals surface area (Å²) in [5.41, 5.74) is 0. The normalized spacial score (nSPS) is 22.6. The van der Waals surface area contributed by atoms with Crippen LogP contribution in [0.5, 0.6) is 0 Å². The Morgan fingerprint density at radius 2 is 2.00 bits per heavy atom. The third-order valence-electron chi connectivity index (χ3n) is 3.28. The Morgan fingerprint density at radius 3 is 2.50 bits per heavy atom. The van der Waals surface area contributed by atoms with Crippen molar-refractivity contribution in [3.8, 4) is 0 Å². The van der Waals surface area contributed by atoms with Gasteiger partial charge in [-0.15, -0.1) is 0 Å². The van der Waals surface area contributed by atoms with Gasteiger partial charge in [0.2, 0.25) is 10.0 Å². The summed E-state index contributed by atoms with van der Waals surface area (Å²) in [5, 5.41) is 3.32. The van der Waals surface area contributed by atoms with Gasteiger partial charge in [-0.1, -0.05) is 13.8 Å². The van der Waals surface area contributed by atoms with Crippen molar-refractivity contribution >= 4 is 10.0 Å². The molecular weight excluding hydrogens is 224 g/mol. The van der Waals surface area contributed by atoms with Gasteiger partial charge in [0.25, 0.3) is 0 Å². The molecule has 0 bridgehead atoms. The molecule has 96 valence electrons. The van der Waals surface area contributed by atoms with Crippen LogP contribution >= 0.6 is 0 Å². The first-order valence-corrected chi connectivity index (χ1v) is 7.89. The van der Waals surface area contributed by atoms with Gasteiger partial charge in [0.15, 0.2) is 0 Å². The number of nitrogens with one attached hydrogen (secondary N) is 1. The quantitative estimate of drug-likeness (QED) is 0.764. The third kappa shape index (κ3) is 4.03. The number of hydrogen-bond acceptors (Lipinski definition) is 3. The monoisotopic (exact) mass is 248 g/mol. The van der Waals surface area contributed by atoms with Crippen LogP contribution in [-0.2, 0) is 10.0 Å². The summed E-state index contributed by atoms with van der Waals surface area (Å²) < 4.78 is 25.4. The van der Waals surface area contributed by atoms with E-state index < -0.39 is 10.0 Å². The van der Waals surface area contributed by atoms with Gasteiger partial charge in [-0.05, 0) is 38.3 Å². The van der Waals surface area contributed by atoms with Crippen LogP contribution in [0.25, 0.3) is 0 Å².